The highest BCUT2D eigenvalue weighted by Crippen LogP contribution is 2.15. The second kappa shape index (κ2) is 8.27. The molecule has 0 unspecified atom stereocenters. The summed E-state index contributed by atoms with van der Waals surface area (Å²) in [6, 6.07) is 24.7. The van der Waals surface area contributed by atoms with Gasteiger partial charge in [0.1, 0.15) is 18.2 Å². The molecule has 2 nitrogen and oxygen atoms in total. The van der Waals surface area contributed by atoms with Crippen LogP contribution in [0.5, 0.6) is 5.75 Å². The normalized spacial score (nSPS) is 10.5. The Kier molecular flexibility index (Phi) is 5.59. The summed E-state index contributed by atoms with van der Waals surface area (Å²) in [6.45, 7) is 2.05. The van der Waals surface area contributed by atoms with Crippen LogP contribution in [-0.4, -0.2) is 0 Å². The summed E-state index contributed by atoms with van der Waals surface area (Å²) < 4.78 is 18.7. The lowest BCUT2D eigenvalue weighted by Crippen LogP contribution is -2.12. The first kappa shape index (κ1) is 16.2. The van der Waals surface area contributed by atoms with E-state index < -0.39 is 0 Å². The van der Waals surface area contributed by atoms with Crippen molar-refractivity contribution in [2.24, 2.45) is 0 Å². The summed E-state index contributed by atoms with van der Waals surface area (Å²) in [5.41, 5.74) is 3.38. The van der Waals surface area contributed by atoms with Crippen molar-refractivity contribution in [2.45, 2.75) is 19.7 Å². The van der Waals surface area contributed by atoms with Crippen molar-refractivity contribution in [3.63, 3.8) is 0 Å². The van der Waals surface area contributed by atoms with Crippen LogP contribution >= 0.6 is 0 Å². The molecular formula is C21H20FNO. The van der Waals surface area contributed by atoms with Gasteiger partial charge in [0.2, 0.25) is 0 Å². The van der Waals surface area contributed by atoms with E-state index in [1.165, 1.54) is 23.3 Å². The van der Waals surface area contributed by atoms with Crippen LogP contribution in [0.25, 0.3) is 0 Å². The molecule has 0 bridgehead atoms. The lowest BCUT2D eigenvalue weighted by molar-refractivity contribution is 0.305. The third-order valence-corrected chi connectivity index (χ3v) is 3.72. The first-order valence-corrected chi connectivity index (χ1v) is 8.00. The molecule has 0 amide bonds. The van der Waals surface area contributed by atoms with E-state index in [2.05, 4.69) is 23.5 Å². The molecule has 1 N–H and O–H groups in total. The number of nitrogens with one attached hydrogen (secondary N) is 1. The lowest BCUT2D eigenvalue weighted by atomic mass is 10.2. The molecule has 0 aromatic heterocycles. The summed E-state index contributed by atoms with van der Waals surface area (Å²) in [6.07, 6.45) is 0. The Labute approximate surface area is 141 Å². The van der Waals surface area contributed by atoms with E-state index in [0.717, 1.165) is 24.4 Å². The predicted octanol–water partition coefficient (Wildman–Crippen LogP) is 4.69. The molecule has 3 aromatic rings. The molecule has 24 heavy (non-hydrogen) atoms. The van der Waals surface area contributed by atoms with Crippen molar-refractivity contribution in [1.82, 2.24) is 5.32 Å². The van der Waals surface area contributed by atoms with Crippen LogP contribution in [0.3, 0.4) is 0 Å². The zero-order valence-electron chi connectivity index (χ0n) is 13.4. The van der Waals surface area contributed by atoms with Gasteiger partial charge < -0.3 is 10.1 Å². The maximum Gasteiger partial charge on any atom is 0.123 e. The molecule has 0 fully saturated rings. The Balaban J connectivity index is 1.51. The minimum atomic E-state index is -0.231. The Bertz CT molecular complexity index is 756. The van der Waals surface area contributed by atoms with Gasteiger partial charge in [0.05, 0.1) is 0 Å². The largest absolute Gasteiger partial charge is 0.489 e. The quantitative estimate of drug-likeness (QED) is 0.681. The van der Waals surface area contributed by atoms with Crippen LogP contribution in [0.4, 0.5) is 4.39 Å². The van der Waals surface area contributed by atoms with Crippen molar-refractivity contribution in [2.75, 3.05) is 0 Å². The van der Waals surface area contributed by atoms with Crippen molar-refractivity contribution in [3.8, 4) is 5.75 Å². The second-order valence-corrected chi connectivity index (χ2v) is 5.65. The van der Waals surface area contributed by atoms with Gasteiger partial charge in [-0.15, -0.1) is 0 Å². The fourth-order valence-electron chi connectivity index (χ4n) is 2.44. The first-order valence-electron chi connectivity index (χ1n) is 8.00. The second-order valence-electron chi connectivity index (χ2n) is 5.65. The minimum absolute atomic E-state index is 0.231. The van der Waals surface area contributed by atoms with Crippen LogP contribution in [0, 0.1) is 5.82 Å². The van der Waals surface area contributed by atoms with E-state index in [1.54, 1.807) is 12.1 Å². The van der Waals surface area contributed by atoms with Crippen LogP contribution in [0.2, 0.25) is 0 Å². The molecule has 0 heterocycles. The summed E-state index contributed by atoms with van der Waals surface area (Å²) in [4.78, 5) is 0. The summed E-state index contributed by atoms with van der Waals surface area (Å²) in [5, 5.41) is 3.43. The molecule has 0 saturated carbocycles. The van der Waals surface area contributed by atoms with Crippen molar-refractivity contribution < 1.29 is 9.13 Å². The van der Waals surface area contributed by atoms with E-state index in [-0.39, 0.29) is 5.82 Å². The van der Waals surface area contributed by atoms with Crippen LogP contribution in [0.15, 0.2) is 78.9 Å². The highest BCUT2D eigenvalue weighted by molar-refractivity contribution is 5.29. The Morgan fingerprint density at radius 2 is 1.42 bits per heavy atom. The van der Waals surface area contributed by atoms with E-state index in [4.69, 9.17) is 4.74 Å². The van der Waals surface area contributed by atoms with Gasteiger partial charge in [0, 0.05) is 13.1 Å². The number of rotatable bonds is 7. The van der Waals surface area contributed by atoms with Gasteiger partial charge in [0.25, 0.3) is 0 Å². The van der Waals surface area contributed by atoms with Gasteiger partial charge in [-0.25, -0.2) is 4.39 Å². The summed E-state index contributed by atoms with van der Waals surface area (Å²) in [5.74, 6) is 0.587. The van der Waals surface area contributed by atoms with Crippen molar-refractivity contribution in [3.05, 3.63) is 101 Å². The molecule has 122 valence electrons. The monoisotopic (exact) mass is 321 g/mol. The van der Waals surface area contributed by atoms with Gasteiger partial charge in [-0.05, 0) is 41.0 Å². The number of hydrogen-bond acceptors (Lipinski definition) is 2. The fraction of sp³-hybridized carbons (Fsp3) is 0.143. The first-order chi connectivity index (χ1) is 11.8. The maximum atomic E-state index is 12.9. The molecule has 0 saturated heterocycles. The lowest BCUT2D eigenvalue weighted by Gasteiger charge is -2.09. The molecule has 0 aliphatic rings. The molecular weight excluding hydrogens is 301 g/mol. The third-order valence-electron chi connectivity index (χ3n) is 3.72. The molecule has 0 aliphatic carbocycles. The van der Waals surface area contributed by atoms with Gasteiger partial charge >= 0.3 is 0 Å². The highest BCUT2D eigenvalue weighted by atomic mass is 19.1. The number of ether oxygens (including phenoxy) is 1. The maximum absolute atomic E-state index is 12.9. The molecule has 3 heteroatoms. The smallest absolute Gasteiger partial charge is 0.123 e. The number of halogens is 1. The number of benzene rings is 3. The van der Waals surface area contributed by atoms with Crippen LogP contribution < -0.4 is 10.1 Å². The Hall–Kier alpha value is -2.65. The molecule has 3 aromatic carbocycles. The molecule has 0 atom stereocenters. The summed E-state index contributed by atoms with van der Waals surface area (Å²) >= 11 is 0. The Morgan fingerprint density at radius 1 is 0.708 bits per heavy atom. The van der Waals surface area contributed by atoms with Gasteiger partial charge in [-0.3, -0.25) is 0 Å². The standard InChI is InChI=1S/C21H20FNO/c22-20-11-9-18(10-12-20)16-24-21-8-4-7-19(13-21)15-23-14-17-5-2-1-3-6-17/h1-13,23H,14-16H2. The predicted molar refractivity (Wildman–Crippen MR) is 94.2 cm³/mol. The van der Waals surface area contributed by atoms with E-state index >= 15 is 0 Å². The van der Waals surface area contributed by atoms with Crippen molar-refractivity contribution >= 4 is 0 Å². The third kappa shape index (κ3) is 4.93. The zero-order chi connectivity index (χ0) is 16.6. The van der Waals surface area contributed by atoms with Crippen LogP contribution in [-0.2, 0) is 19.7 Å². The molecule has 0 spiro atoms. The summed E-state index contributed by atoms with van der Waals surface area (Å²) in [7, 11) is 0. The highest BCUT2D eigenvalue weighted by Gasteiger charge is 2.00. The average Bonchev–Trinajstić information content (AvgIpc) is 2.63. The van der Waals surface area contributed by atoms with Crippen molar-refractivity contribution in [1.29, 1.82) is 0 Å². The topological polar surface area (TPSA) is 21.3 Å². The average molecular weight is 321 g/mol. The van der Waals surface area contributed by atoms with E-state index in [9.17, 15) is 4.39 Å². The van der Waals surface area contributed by atoms with E-state index in [0.29, 0.717) is 6.61 Å². The van der Waals surface area contributed by atoms with Gasteiger partial charge in [0.15, 0.2) is 0 Å². The van der Waals surface area contributed by atoms with E-state index in [1.807, 2.05) is 36.4 Å². The minimum Gasteiger partial charge on any atom is -0.489 e. The van der Waals surface area contributed by atoms with Gasteiger partial charge in [-0.2, -0.15) is 0 Å². The van der Waals surface area contributed by atoms with Crippen LogP contribution in [0.1, 0.15) is 16.7 Å². The van der Waals surface area contributed by atoms with Gasteiger partial charge in [-0.1, -0.05) is 54.6 Å². The molecule has 0 aliphatic heterocycles. The Morgan fingerprint density at radius 3 is 2.21 bits per heavy atom. The number of hydrogen-bond donors (Lipinski definition) is 1. The zero-order valence-corrected chi connectivity index (χ0v) is 13.4. The SMILES string of the molecule is Fc1ccc(COc2cccc(CNCc3ccccc3)c2)cc1. The molecule has 0 radical (unpaired) electrons. The fourth-order valence-corrected chi connectivity index (χ4v) is 2.44. The molecule has 3 rings (SSSR count).